The van der Waals surface area contributed by atoms with Gasteiger partial charge in [-0.2, -0.15) is 0 Å². The number of rotatable bonds is 8. The Morgan fingerprint density at radius 1 is 1.14 bits per heavy atom. The van der Waals surface area contributed by atoms with Gasteiger partial charge < -0.3 is 19.1 Å². The molecule has 0 aliphatic heterocycles. The molecule has 0 unspecified atom stereocenters. The third-order valence-corrected chi connectivity index (χ3v) is 4.05. The zero-order chi connectivity index (χ0) is 20.9. The van der Waals surface area contributed by atoms with Crippen LogP contribution in [0, 0.1) is 0 Å². The number of aliphatic hydroxyl groups excluding tert-OH is 1. The van der Waals surface area contributed by atoms with Gasteiger partial charge in [0.1, 0.15) is 13.2 Å². The molecular formula is C22H26N2O5. The summed E-state index contributed by atoms with van der Waals surface area (Å²) >= 11 is 0. The monoisotopic (exact) mass is 398 g/mol. The van der Waals surface area contributed by atoms with E-state index < -0.39 is 5.97 Å². The van der Waals surface area contributed by atoms with E-state index in [4.69, 9.17) is 9.26 Å². The Hall–Kier alpha value is -3.19. The SMILES string of the molecule is CCCCc1noc(CO)c1COc1ccc(C(=O)OC)cn1.c1ccccc1. The maximum Gasteiger partial charge on any atom is 0.339 e. The highest BCUT2D eigenvalue weighted by Crippen LogP contribution is 2.19. The quantitative estimate of drug-likeness (QED) is 0.574. The van der Waals surface area contributed by atoms with Gasteiger partial charge in [0.05, 0.1) is 23.9 Å². The molecule has 2 heterocycles. The van der Waals surface area contributed by atoms with Crippen LogP contribution in [0.5, 0.6) is 5.88 Å². The molecule has 154 valence electrons. The first-order valence-electron chi connectivity index (χ1n) is 9.43. The van der Waals surface area contributed by atoms with Crippen molar-refractivity contribution in [3.05, 3.63) is 77.3 Å². The number of hydrogen-bond donors (Lipinski definition) is 1. The van der Waals surface area contributed by atoms with Crippen molar-refractivity contribution in [3.63, 3.8) is 0 Å². The van der Waals surface area contributed by atoms with Gasteiger partial charge in [-0.3, -0.25) is 0 Å². The van der Waals surface area contributed by atoms with Crippen molar-refractivity contribution in [2.75, 3.05) is 7.11 Å². The Morgan fingerprint density at radius 3 is 2.34 bits per heavy atom. The summed E-state index contributed by atoms with van der Waals surface area (Å²) in [5, 5.41) is 13.3. The number of carbonyl (C=O) groups excluding carboxylic acids is 1. The second-order valence-corrected chi connectivity index (χ2v) is 6.11. The first-order valence-corrected chi connectivity index (χ1v) is 9.43. The molecule has 7 nitrogen and oxygen atoms in total. The number of hydrogen-bond acceptors (Lipinski definition) is 7. The largest absolute Gasteiger partial charge is 0.473 e. The smallest absolute Gasteiger partial charge is 0.339 e. The average molecular weight is 398 g/mol. The number of aromatic nitrogens is 2. The number of aryl methyl sites for hydroxylation is 1. The number of carbonyl (C=O) groups is 1. The Labute approximate surface area is 170 Å². The standard InChI is InChI=1S/C16H20N2O5.C6H6/c1-3-4-5-13-12(14(9-19)23-18-13)10-22-15-7-6-11(8-17-15)16(20)21-2;1-2-4-6-5-3-1/h6-8,19H,3-5,9-10H2,1-2H3;1-6H. The molecule has 3 aromatic rings. The molecule has 0 saturated heterocycles. The molecule has 29 heavy (non-hydrogen) atoms. The highest BCUT2D eigenvalue weighted by molar-refractivity contribution is 5.88. The van der Waals surface area contributed by atoms with E-state index in [1.165, 1.54) is 13.3 Å². The van der Waals surface area contributed by atoms with Crippen LogP contribution in [-0.4, -0.2) is 28.3 Å². The number of esters is 1. The predicted octanol–water partition coefficient (Wildman–Crippen LogP) is 3.96. The van der Waals surface area contributed by atoms with Crippen LogP contribution in [-0.2, 0) is 24.4 Å². The van der Waals surface area contributed by atoms with Crippen molar-refractivity contribution >= 4 is 5.97 Å². The van der Waals surface area contributed by atoms with E-state index in [0.29, 0.717) is 17.2 Å². The first kappa shape index (κ1) is 22.1. The molecule has 0 atom stereocenters. The molecule has 7 heteroatoms. The van der Waals surface area contributed by atoms with E-state index in [0.717, 1.165) is 30.5 Å². The lowest BCUT2D eigenvalue weighted by molar-refractivity contribution is 0.0600. The lowest BCUT2D eigenvalue weighted by Crippen LogP contribution is -2.05. The number of pyridine rings is 1. The number of methoxy groups -OCH3 is 1. The van der Waals surface area contributed by atoms with E-state index in [2.05, 4.69) is 21.8 Å². The number of aliphatic hydroxyl groups is 1. The second kappa shape index (κ2) is 12.3. The van der Waals surface area contributed by atoms with Crippen molar-refractivity contribution in [1.29, 1.82) is 0 Å². The van der Waals surface area contributed by atoms with Crippen LogP contribution in [0.25, 0.3) is 0 Å². The van der Waals surface area contributed by atoms with Crippen LogP contribution in [0.15, 0.2) is 59.3 Å². The normalized spacial score (nSPS) is 10.0. The summed E-state index contributed by atoms with van der Waals surface area (Å²) in [6.07, 6.45) is 4.18. The highest BCUT2D eigenvalue weighted by Gasteiger charge is 2.16. The van der Waals surface area contributed by atoms with Crippen LogP contribution in [0.3, 0.4) is 0 Å². The molecule has 0 spiro atoms. The maximum absolute atomic E-state index is 11.3. The molecule has 0 aliphatic carbocycles. The van der Waals surface area contributed by atoms with Crippen LogP contribution >= 0.6 is 0 Å². The van der Waals surface area contributed by atoms with Gasteiger partial charge in [-0.15, -0.1) is 0 Å². The van der Waals surface area contributed by atoms with E-state index >= 15 is 0 Å². The minimum Gasteiger partial charge on any atom is -0.473 e. The summed E-state index contributed by atoms with van der Waals surface area (Å²) in [5.41, 5.74) is 1.89. The summed E-state index contributed by atoms with van der Waals surface area (Å²) in [5.74, 6) is 0.318. The predicted molar refractivity (Wildman–Crippen MR) is 107 cm³/mol. The third-order valence-electron chi connectivity index (χ3n) is 4.05. The van der Waals surface area contributed by atoms with Crippen molar-refractivity contribution in [3.8, 4) is 5.88 Å². The molecule has 0 saturated carbocycles. The minimum absolute atomic E-state index is 0.197. The first-order chi connectivity index (χ1) is 14.2. The summed E-state index contributed by atoms with van der Waals surface area (Å²) in [7, 11) is 1.31. The Morgan fingerprint density at radius 2 is 1.83 bits per heavy atom. The zero-order valence-corrected chi connectivity index (χ0v) is 16.7. The average Bonchev–Trinajstić information content (AvgIpc) is 3.19. The molecule has 0 bridgehead atoms. The fraction of sp³-hybridized carbons (Fsp3) is 0.318. The van der Waals surface area contributed by atoms with E-state index in [1.54, 1.807) is 12.1 Å². The van der Waals surface area contributed by atoms with Crippen molar-refractivity contribution in [1.82, 2.24) is 10.1 Å². The lowest BCUT2D eigenvalue weighted by Gasteiger charge is -2.06. The minimum atomic E-state index is -0.451. The Kier molecular flexibility index (Phi) is 9.38. The van der Waals surface area contributed by atoms with E-state index in [1.807, 2.05) is 36.4 Å². The number of nitrogens with zero attached hydrogens (tertiary/aromatic N) is 2. The summed E-state index contributed by atoms with van der Waals surface area (Å²) < 4.78 is 15.4. The van der Waals surface area contributed by atoms with Gasteiger partial charge in [0.15, 0.2) is 5.76 Å². The van der Waals surface area contributed by atoms with E-state index in [9.17, 15) is 9.90 Å². The molecule has 0 radical (unpaired) electrons. The fourth-order valence-corrected chi connectivity index (χ4v) is 2.45. The number of benzene rings is 1. The highest BCUT2D eigenvalue weighted by atomic mass is 16.5. The molecule has 1 aromatic carbocycles. The van der Waals surface area contributed by atoms with Gasteiger partial charge in [0, 0.05) is 12.3 Å². The summed E-state index contributed by atoms with van der Waals surface area (Å²) in [6, 6.07) is 15.2. The molecule has 0 aliphatic rings. The third kappa shape index (κ3) is 7.04. The van der Waals surface area contributed by atoms with Gasteiger partial charge in [0.25, 0.3) is 0 Å². The van der Waals surface area contributed by atoms with Crippen LogP contribution in [0.4, 0.5) is 0 Å². The second-order valence-electron chi connectivity index (χ2n) is 6.11. The Bertz CT molecular complexity index is 821. The lowest BCUT2D eigenvalue weighted by atomic mass is 10.1. The van der Waals surface area contributed by atoms with Crippen LogP contribution in [0.1, 0.15) is 47.1 Å². The van der Waals surface area contributed by atoms with E-state index in [-0.39, 0.29) is 13.2 Å². The van der Waals surface area contributed by atoms with Crippen LogP contribution in [0.2, 0.25) is 0 Å². The molecule has 0 fully saturated rings. The van der Waals surface area contributed by atoms with Crippen LogP contribution < -0.4 is 4.74 Å². The topological polar surface area (TPSA) is 94.7 Å². The molecule has 1 N–H and O–H groups in total. The summed E-state index contributed by atoms with van der Waals surface area (Å²) in [6.45, 7) is 2.06. The molecule has 2 aromatic heterocycles. The number of ether oxygens (including phenoxy) is 2. The summed E-state index contributed by atoms with van der Waals surface area (Å²) in [4.78, 5) is 15.4. The van der Waals surface area contributed by atoms with Gasteiger partial charge in [-0.25, -0.2) is 9.78 Å². The van der Waals surface area contributed by atoms with Gasteiger partial charge in [-0.1, -0.05) is 54.9 Å². The van der Waals surface area contributed by atoms with Crippen molar-refractivity contribution in [2.24, 2.45) is 0 Å². The van der Waals surface area contributed by atoms with Gasteiger partial charge in [0.2, 0.25) is 5.88 Å². The fourth-order valence-electron chi connectivity index (χ4n) is 2.45. The molecular weight excluding hydrogens is 372 g/mol. The Balaban J connectivity index is 0.000000426. The maximum atomic E-state index is 11.3. The number of unbranched alkanes of at least 4 members (excludes halogenated alkanes) is 1. The van der Waals surface area contributed by atoms with Crippen molar-refractivity contribution in [2.45, 2.75) is 39.4 Å². The molecule has 3 rings (SSSR count). The van der Waals surface area contributed by atoms with Gasteiger partial charge >= 0.3 is 5.97 Å². The zero-order valence-electron chi connectivity index (χ0n) is 16.7. The van der Waals surface area contributed by atoms with Gasteiger partial charge in [-0.05, 0) is 18.9 Å². The van der Waals surface area contributed by atoms with Crippen molar-refractivity contribution < 1.29 is 23.9 Å². The molecule has 0 amide bonds.